The number of pyridine rings is 1. The number of aliphatic hydroxyl groups is 1. The van der Waals surface area contributed by atoms with Crippen LogP contribution >= 0.6 is 0 Å². The Morgan fingerprint density at radius 1 is 1.61 bits per heavy atom. The van der Waals surface area contributed by atoms with Gasteiger partial charge in [-0.1, -0.05) is 0 Å². The third-order valence-corrected chi connectivity index (χ3v) is 4.67. The Morgan fingerprint density at radius 3 is 3.00 bits per heavy atom. The van der Waals surface area contributed by atoms with Crippen LogP contribution in [0, 0.1) is 0 Å². The van der Waals surface area contributed by atoms with E-state index in [1.165, 1.54) is 10.5 Å². The fourth-order valence-corrected chi connectivity index (χ4v) is 3.54. The van der Waals surface area contributed by atoms with Gasteiger partial charge < -0.3 is 10.4 Å². The van der Waals surface area contributed by atoms with Crippen LogP contribution in [0.15, 0.2) is 23.4 Å². The molecule has 0 aliphatic carbocycles. The molecule has 6 nitrogen and oxygen atoms in total. The number of β-amino-alcohol motifs (C(OH)–C–C–N with tert-alkyl or cyclic N) is 1. The van der Waals surface area contributed by atoms with Crippen molar-refractivity contribution in [2.24, 2.45) is 0 Å². The molecule has 2 rings (SSSR count). The average Bonchev–Trinajstić information content (AvgIpc) is 2.78. The lowest BCUT2D eigenvalue weighted by molar-refractivity contribution is 0.189. The second-order valence-electron chi connectivity index (χ2n) is 4.19. The van der Waals surface area contributed by atoms with Crippen molar-refractivity contribution in [1.29, 1.82) is 0 Å². The van der Waals surface area contributed by atoms with Crippen LogP contribution in [0.3, 0.4) is 0 Å². The smallest absolute Gasteiger partial charge is 0.262 e. The minimum absolute atomic E-state index is 0.0287. The van der Waals surface area contributed by atoms with Gasteiger partial charge in [0.1, 0.15) is 0 Å². The molecule has 0 aromatic carbocycles. The molecule has 1 unspecified atom stereocenters. The first kappa shape index (κ1) is 13.3. The number of aliphatic hydroxyl groups excluding tert-OH is 1. The van der Waals surface area contributed by atoms with Crippen LogP contribution in [0.25, 0.3) is 0 Å². The number of nitrogens with one attached hydrogen (secondary N) is 1. The van der Waals surface area contributed by atoms with E-state index < -0.39 is 16.1 Å². The van der Waals surface area contributed by atoms with Gasteiger partial charge in [-0.3, -0.25) is 0 Å². The maximum absolute atomic E-state index is 12.4. The van der Waals surface area contributed by atoms with Crippen LogP contribution in [-0.4, -0.2) is 48.6 Å². The van der Waals surface area contributed by atoms with Gasteiger partial charge in [-0.05, 0) is 25.5 Å². The molecule has 1 saturated heterocycles. The van der Waals surface area contributed by atoms with E-state index in [9.17, 15) is 13.5 Å². The van der Waals surface area contributed by atoms with Gasteiger partial charge in [-0.2, -0.15) is 4.31 Å². The standard InChI is InChI=1S/C11H17N3O3S/c1-2-12-10-4-3-6-13-11(10)18(16,17)14-7-5-9(15)8-14/h3-4,6,9,12,15H,2,5,7-8H2,1H3. The lowest BCUT2D eigenvalue weighted by Gasteiger charge is -2.17. The van der Waals surface area contributed by atoms with Crippen molar-refractivity contribution in [3.8, 4) is 0 Å². The molecule has 1 aliphatic rings. The molecule has 18 heavy (non-hydrogen) atoms. The largest absolute Gasteiger partial charge is 0.392 e. The van der Waals surface area contributed by atoms with E-state index in [0.717, 1.165) is 0 Å². The van der Waals surface area contributed by atoms with Crippen molar-refractivity contribution in [3.05, 3.63) is 18.3 Å². The topological polar surface area (TPSA) is 82.5 Å². The van der Waals surface area contributed by atoms with E-state index in [1.54, 1.807) is 12.1 Å². The fourth-order valence-electron chi connectivity index (χ4n) is 1.97. The number of hydrogen-bond acceptors (Lipinski definition) is 5. The molecule has 100 valence electrons. The Kier molecular flexibility index (Phi) is 3.84. The molecule has 1 aliphatic heterocycles. The van der Waals surface area contributed by atoms with Gasteiger partial charge in [0.15, 0.2) is 5.03 Å². The van der Waals surface area contributed by atoms with E-state index >= 15 is 0 Å². The van der Waals surface area contributed by atoms with Crippen molar-refractivity contribution in [2.45, 2.75) is 24.5 Å². The zero-order valence-corrected chi connectivity index (χ0v) is 11.0. The third kappa shape index (κ3) is 2.47. The minimum Gasteiger partial charge on any atom is -0.392 e. The van der Waals surface area contributed by atoms with Crippen molar-refractivity contribution in [1.82, 2.24) is 9.29 Å². The van der Waals surface area contributed by atoms with Gasteiger partial charge in [-0.25, -0.2) is 13.4 Å². The van der Waals surface area contributed by atoms with Gasteiger partial charge in [0, 0.05) is 25.8 Å². The van der Waals surface area contributed by atoms with Crippen LogP contribution < -0.4 is 5.32 Å². The van der Waals surface area contributed by atoms with Gasteiger partial charge in [0.2, 0.25) is 0 Å². The van der Waals surface area contributed by atoms with E-state index in [-0.39, 0.29) is 11.6 Å². The highest BCUT2D eigenvalue weighted by Gasteiger charge is 2.33. The van der Waals surface area contributed by atoms with Crippen molar-refractivity contribution < 1.29 is 13.5 Å². The molecule has 0 radical (unpaired) electrons. The SMILES string of the molecule is CCNc1cccnc1S(=O)(=O)N1CCC(O)C1. The van der Waals surface area contributed by atoms with Crippen LogP contribution in [0.5, 0.6) is 0 Å². The molecule has 1 atom stereocenters. The molecule has 1 aromatic heterocycles. The number of anilines is 1. The molecule has 7 heteroatoms. The summed E-state index contributed by atoms with van der Waals surface area (Å²) in [4.78, 5) is 3.96. The Balaban J connectivity index is 2.35. The van der Waals surface area contributed by atoms with Crippen LogP contribution in [0.4, 0.5) is 5.69 Å². The first-order chi connectivity index (χ1) is 8.55. The Hall–Kier alpha value is -1.18. The summed E-state index contributed by atoms with van der Waals surface area (Å²) in [6, 6.07) is 3.38. The monoisotopic (exact) mass is 271 g/mol. The van der Waals surface area contributed by atoms with E-state index in [2.05, 4.69) is 10.3 Å². The summed E-state index contributed by atoms with van der Waals surface area (Å²) >= 11 is 0. The normalized spacial score (nSPS) is 21.1. The summed E-state index contributed by atoms with van der Waals surface area (Å²) < 4.78 is 26.1. The maximum atomic E-state index is 12.4. The predicted molar refractivity (Wildman–Crippen MR) is 67.8 cm³/mol. The minimum atomic E-state index is -3.62. The van der Waals surface area contributed by atoms with E-state index in [4.69, 9.17) is 0 Å². The van der Waals surface area contributed by atoms with E-state index in [1.807, 2.05) is 6.92 Å². The number of nitrogens with zero attached hydrogens (tertiary/aromatic N) is 2. The van der Waals surface area contributed by atoms with Gasteiger partial charge in [0.05, 0.1) is 11.8 Å². The third-order valence-electron chi connectivity index (χ3n) is 2.85. The summed E-state index contributed by atoms with van der Waals surface area (Å²) in [5, 5.41) is 12.5. The summed E-state index contributed by atoms with van der Waals surface area (Å²) in [6.45, 7) is 3.00. The quantitative estimate of drug-likeness (QED) is 0.821. The summed E-state index contributed by atoms with van der Waals surface area (Å²) in [5.74, 6) is 0. The van der Waals surface area contributed by atoms with Crippen molar-refractivity contribution in [3.63, 3.8) is 0 Å². The van der Waals surface area contributed by atoms with Crippen molar-refractivity contribution in [2.75, 3.05) is 25.0 Å². The average molecular weight is 271 g/mol. The molecule has 2 N–H and O–H groups in total. The highest BCUT2D eigenvalue weighted by atomic mass is 32.2. The second-order valence-corrected chi connectivity index (χ2v) is 6.05. The second kappa shape index (κ2) is 5.21. The molecule has 0 spiro atoms. The first-order valence-corrected chi connectivity index (χ1v) is 7.37. The van der Waals surface area contributed by atoms with Crippen molar-refractivity contribution >= 4 is 15.7 Å². The fraction of sp³-hybridized carbons (Fsp3) is 0.545. The molecule has 2 heterocycles. The summed E-state index contributed by atoms with van der Waals surface area (Å²) in [5.41, 5.74) is 0.501. The van der Waals surface area contributed by atoms with Gasteiger partial charge >= 0.3 is 0 Å². The Labute approximate surface area is 107 Å². The zero-order chi connectivity index (χ0) is 13.2. The predicted octanol–water partition coefficient (Wildman–Crippen LogP) is 0.269. The molecule has 0 bridgehead atoms. The first-order valence-electron chi connectivity index (χ1n) is 5.92. The number of hydrogen-bond donors (Lipinski definition) is 2. The maximum Gasteiger partial charge on any atom is 0.262 e. The lowest BCUT2D eigenvalue weighted by Crippen LogP contribution is -2.31. The highest BCUT2D eigenvalue weighted by molar-refractivity contribution is 7.89. The Morgan fingerprint density at radius 2 is 2.39 bits per heavy atom. The molecule has 1 fully saturated rings. The molecule has 1 aromatic rings. The molecule has 0 saturated carbocycles. The lowest BCUT2D eigenvalue weighted by atomic mass is 10.3. The van der Waals surface area contributed by atoms with Gasteiger partial charge in [0.25, 0.3) is 10.0 Å². The van der Waals surface area contributed by atoms with Crippen LogP contribution in [0.1, 0.15) is 13.3 Å². The summed E-state index contributed by atoms with van der Waals surface area (Å²) in [6.07, 6.45) is 1.36. The number of aromatic nitrogens is 1. The van der Waals surface area contributed by atoms with Gasteiger partial charge in [-0.15, -0.1) is 0 Å². The van der Waals surface area contributed by atoms with E-state index in [0.29, 0.717) is 25.2 Å². The zero-order valence-electron chi connectivity index (χ0n) is 10.2. The number of sulfonamides is 1. The number of rotatable bonds is 4. The van der Waals surface area contributed by atoms with Crippen LogP contribution in [-0.2, 0) is 10.0 Å². The molecule has 0 amide bonds. The Bertz CT molecular complexity index is 518. The molecular weight excluding hydrogens is 254 g/mol. The molecular formula is C11H17N3O3S. The highest BCUT2D eigenvalue weighted by Crippen LogP contribution is 2.24. The van der Waals surface area contributed by atoms with Crippen LogP contribution in [0.2, 0.25) is 0 Å². The summed E-state index contributed by atoms with van der Waals surface area (Å²) in [7, 11) is -3.62.